The van der Waals surface area contributed by atoms with Gasteiger partial charge in [0.05, 0.1) is 0 Å². The molecule has 17 heavy (non-hydrogen) atoms. The molecular weight excluding hydrogens is 204 g/mol. The van der Waals surface area contributed by atoms with Gasteiger partial charge >= 0.3 is 0 Å². The molecule has 0 unspecified atom stereocenters. The van der Waals surface area contributed by atoms with E-state index in [2.05, 4.69) is 62.4 Å². The maximum Gasteiger partial charge on any atom is -0.0152 e. The van der Waals surface area contributed by atoms with Gasteiger partial charge in [0.25, 0.3) is 0 Å². The molecule has 2 aromatic carbocycles. The zero-order valence-corrected chi connectivity index (χ0v) is 10.6. The second-order valence-electron chi connectivity index (χ2n) is 3.63. The van der Waals surface area contributed by atoms with Crippen molar-refractivity contribution in [2.75, 3.05) is 0 Å². The molecule has 0 aliphatic heterocycles. The van der Waals surface area contributed by atoms with Crippen molar-refractivity contribution in [1.82, 2.24) is 0 Å². The third kappa shape index (κ3) is 3.74. The van der Waals surface area contributed by atoms with Crippen molar-refractivity contribution in [3.05, 3.63) is 59.7 Å². The maximum absolute atomic E-state index is 2.18. The molecule has 0 heteroatoms. The van der Waals surface area contributed by atoms with Crippen LogP contribution in [0.25, 0.3) is 11.1 Å². The molecule has 0 spiro atoms. The minimum absolute atomic E-state index is 0. The summed E-state index contributed by atoms with van der Waals surface area (Å²) >= 11 is 0. The van der Waals surface area contributed by atoms with E-state index in [1.807, 2.05) is 13.8 Å². The Hall–Kier alpha value is -1.56. The Labute approximate surface area is 106 Å². The van der Waals surface area contributed by atoms with Gasteiger partial charge in [-0.05, 0) is 36.1 Å². The highest BCUT2D eigenvalue weighted by atomic mass is 14.1. The predicted octanol–water partition coefficient (Wildman–Crippen LogP) is 5.63. The summed E-state index contributed by atoms with van der Waals surface area (Å²) in [5, 5.41) is 0. The van der Waals surface area contributed by atoms with Gasteiger partial charge in [-0.2, -0.15) is 0 Å². The number of aryl methyl sites for hydroxylation is 2. The summed E-state index contributed by atoms with van der Waals surface area (Å²) in [5.74, 6) is 0. The smallest absolute Gasteiger partial charge is 0.0152 e. The Bertz CT molecular complexity index is 398. The van der Waals surface area contributed by atoms with E-state index < -0.39 is 0 Å². The lowest BCUT2D eigenvalue weighted by atomic mass is 9.97. The van der Waals surface area contributed by atoms with Gasteiger partial charge in [-0.25, -0.2) is 0 Å². The van der Waals surface area contributed by atoms with Crippen molar-refractivity contribution in [3.8, 4) is 11.1 Å². The topological polar surface area (TPSA) is 0 Å². The van der Waals surface area contributed by atoms with Gasteiger partial charge in [0.15, 0.2) is 0 Å². The van der Waals surface area contributed by atoms with E-state index in [1.54, 1.807) is 0 Å². The molecule has 0 amide bonds. The highest BCUT2D eigenvalue weighted by Crippen LogP contribution is 2.25. The van der Waals surface area contributed by atoms with Crippen molar-refractivity contribution in [3.63, 3.8) is 0 Å². The molecule has 0 aliphatic carbocycles. The number of benzene rings is 2. The van der Waals surface area contributed by atoms with Gasteiger partial charge in [-0.15, -0.1) is 0 Å². The van der Waals surface area contributed by atoms with Crippen LogP contribution in [-0.2, 0) is 0 Å². The van der Waals surface area contributed by atoms with Crippen LogP contribution in [0.5, 0.6) is 0 Å². The first kappa shape index (κ1) is 15.4. The minimum Gasteiger partial charge on any atom is -0.0776 e. The Balaban J connectivity index is 0.000000811. The highest BCUT2D eigenvalue weighted by molar-refractivity contribution is 5.70. The third-order valence-corrected chi connectivity index (χ3v) is 2.58. The van der Waals surface area contributed by atoms with Crippen LogP contribution in [0, 0.1) is 13.8 Å². The van der Waals surface area contributed by atoms with Crippen molar-refractivity contribution >= 4 is 0 Å². The average molecular weight is 228 g/mol. The fourth-order valence-corrected chi connectivity index (χ4v) is 1.75. The number of rotatable bonds is 1. The molecule has 2 rings (SSSR count). The molecule has 0 saturated carbocycles. The van der Waals surface area contributed by atoms with Crippen molar-refractivity contribution in [1.29, 1.82) is 0 Å². The van der Waals surface area contributed by atoms with Gasteiger partial charge < -0.3 is 0 Å². The third-order valence-electron chi connectivity index (χ3n) is 2.58. The van der Waals surface area contributed by atoms with Crippen LogP contribution in [0.4, 0.5) is 0 Å². The zero-order chi connectivity index (χ0) is 12.0. The largest absolute Gasteiger partial charge is 0.0776 e. The van der Waals surface area contributed by atoms with Crippen molar-refractivity contribution in [2.24, 2.45) is 0 Å². The molecule has 0 radical (unpaired) electrons. The molecule has 0 fully saturated rings. The summed E-state index contributed by atoms with van der Waals surface area (Å²) in [7, 11) is 0. The summed E-state index contributed by atoms with van der Waals surface area (Å²) in [5.41, 5.74) is 5.35. The Morgan fingerprint density at radius 1 is 0.588 bits per heavy atom. The second-order valence-corrected chi connectivity index (χ2v) is 3.63. The number of hydrogen-bond acceptors (Lipinski definition) is 0. The first-order valence-electron chi connectivity index (χ1n) is 5.90. The molecule has 0 aliphatic rings. The number of hydrogen-bond donors (Lipinski definition) is 0. The second kappa shape index (κ2) is 7.67. The summed E-state index contributed by atoms with van der Waals surface area (Å²) in [4.78, 5) is 0. The zero-order valence-electron chi connectivity index (χ0n) is 10.6. The average Bonchev–Trinajstić information content (AvgIpc) is 2.34. The van der Waals surface area contributed by atoms with E-state index in [4.69, 9.17) is 0 Å². The summed E-state index contributed by atoms with van der Waals surface area (Å²) in [6.07, 6.45) is 0. The Kier molecular flexibility index (Phi) is 6.97. The fraction of sp³-hybridized carbons (Fsp3) is 0.294. The van der Waals surface area contributed by atoms with Crippen LogP contribution in [0.2, 0.25) is 0 Å². The van der Waals surface area contributed by atoms with Gasteiger partial charge in [-0.1, -0.05) is 69.8 Å². The lowest BCUT2D eigenvalue weighted by Crippen LogP contribution is -1.85. The van der Waals surface area contributed by atoms with Crippen LogP contribution >= 0.6 is 0 Å². The van der Waals surface area contributed by atoms with Gasteiger partial charge in [-0.3, -0.25) is 0 Å². The molecule has 0 N–H and O–H groups in total. The molecule has 0 heterocycles. The summed E-state index contributed by atoms with van der Waals surface area (Å²) < 4.78 is 0. The predicted molar refractivity (Wildman–Crippen MR) is 79.4 cm³/mol. The monoisotopic (exact) mass is 228 g/mol. The Morgan fingerprint density at radius 2 is 0.882 bits per heavy atom. The van der Waals surface area contributed by atoms with E-state index in [0.717, 1.165) is 0 Å². The first-order valence-corrected chi connectivity index (χ1v) is 5.90. The molecule has 0 saturated heterocycles. The summed E-state index contributed by atoms with van der Waals surface area (Å²) in [6, 6.07) is 17.0. The van der Waals surface area contributed by atoms with E-state index >= 15 is 0 Å². The normalized spacial score (nSPS) is 8.71. The van der Waals surface area contributed by atoms with Crippen LogP contribution in [0.3, 0.4) is 0 Å². The first-order chi connectivity index (χ1) is 7.79. The molecule has 0 atom stereocenters. The van der Waals surface area contributed by atoms with Crippen LogP contribution in [0.1, 0.15) is 32.4 Å². The molecule has 0 aromatic heterocycles. The van der Waals surface area contributed by atoms with Gasteiger partial charge in [0.2, 0.25) is 0 Å². The van der Waals surface area contributed by atoms with Gasteiger partial charge in [0.1, 0.15) is 0 Å². The SMILES string of the molecule is C.CC.Cc1ccccc1-c1ccccc1C. The molecule has 0 nitrogen and oxygen atoms in total. The lowest BCUT2D eigenvalue weighted by molar-refractivity contribution is 1.41. The Morgan fingerprint density at radius 3 is 1.18 bits per heavy atom. The molecular formula is C17H24. The van der Waals surface area contributed by atoms with Crippen LogP contribution in [-0.4, -0.2) is 0 Å². The van der Waals surface area contributed by atoms with E-state index in [0.29, 0.717) is 0 Å². The fourth-order valence-electron chi connectivity index (χ4n) is 1.75. The molecule has 92 valence electrons. The van der Waals surface area contributed by atoms with Crippen LogP contribution < -0.4 is 0 Å². The van der Waals surface area contributed by atoms with E-state index in [-0.39, 0.29) is 7.43 Å². The molecule has 2 aromatic rings. The van der Waals surface area contributed by atoms with E-state index in [1.165, 1.54) is 22.3 Å². The maximum atomic E-state index is 2.18. The van der Waals surface area contributed by atoms with E-state index in [9.17, 15) is 0 Å². The summed E-state index contributed by atoms with van der Waals surface area (Å²) in [6.45, 7) is 8.31. The lowest BCUT2D eigenvalue weighted by Gasteiger charge is -2.08. The van der Waals surface area contributed by atoms with Crippen molar-refractivity contribution < 1.29 is 0 Å². The minimum atomic E-state index is 0. The highest BCUT2D eigenvalue weighted by Gasteiger charge is 2.02. The quantitative estimate of drug-likeness (QED) is 0.593. The van der Waals surface area contributed by atoms with Crippen molar-refractivity contribution in [2.45, 2.75) is 35.1 Å². The standard InChI is InChI=1S/C14H14.C2H6.CH4/c1-11-7-3-5-9-13(11)14-10-6-4-8-12(14)2;1-2;/h3-10H,1-2H3;1-2H3;1H4. The van der Waals surface area contributed by atoms with Crippen LogP contribution in [0.15, 0.2) is 48.5 Å². The van der Waals surface area contributed by atoms with Gasteiger partial charge in [0, 0.05) is 0 Å². The molecule has 0 bridgehead atoms.